The van der Waals surface area contributed by atoms with Crippen LogP contribution in [-0.4, -0.2) is 16.6 Å². The Morgan fingerprint density at radius 2 is 2.25 bits per heavy atom. The molecule has 1 aromatic rings. The van der Waals surface area contributed by atoms with Crippen LogP contribution in [0.15, 0.2) is 17.0 Å². The van der Waals surface area contributed by atoms with Crippen molar-refractivity contribution in [1.82, 2.24) is 9.97 Å². The van der Waals surface area contributed by atoms with Crippen LogP contribution in [-0.2, 0) is 0 Å². The van der Waals surface area contributed by atoms with E-state index in [0.717, 1.165) is 0 Å². The fourth-order valence-electron chi connectivity index (χ4n) is 0.647. The summed E-state index contributed by atoms with van der Waals surface area (Å²) in [5.74, 6) is 1.07. The van der Waals surface area contributed by atoms with Gasteiger partial charge in [-0.1, -0.05) is 13.8 Å². The van der Waals surface area contributed by atoms with Crippen molar-refractivity contribution in [2.24, 2.45) is 5.92 Å². The Kier molecular flexibility index (Phi) is 3.47. The lowest BCUT2D eigenvalue weighted by molar-refractivity contribution is 0.260. The maximum Gasteiger partial charge on any atom is 0.233 e. The van der Waals surface area contributed by atoms with E-state index in [1.807, 2.05) is 0 Å². The van der Waals surface area contributed by atoms with Gasteiger partial charge in [0, 0.05) is 0 Å². The molecule has 4 heteroatoms. The molecule has 0 aliphatic rings. The molecule has 0 spiro atoms. The first-order valence-electron chi connectivity index (χ1n) is 3.79. The lowest BCUT2D eigenvalue weighted by Crippen LogP contribution is -2.05. The van der Waals surface area contributed by atoms with Crippen LogP contribution in [0.1, 0.15) is 13.8 Å². The molecule has 66 valence electrons. The first-order chi connectivity index (χ1) is 5.68. The van der Waals surface area contributed by atoms with Crippen molar-refractivity contribution >= 4 is 15.9 Å². The van der Waals surface area contributed by atoms with Crippen molar-refractivity contribution in [2.45, 2.75) is 13.8 Å². The molecule has 0 aromatic carbocycles. The van der Waals surface area contributed by atoms with E-state index in [1.165, 1.54) is 0 Å². The molecule has 1 aromatic heterocycles. The predicted molar refractivity (Wildman–Crippen MR) is 50.1 cm³/mol. The van der Waals surface area contributed by atoms with Crippen LogP contribution in [0.4, 0.5) is 0 Å². The standard InChI is InChI=1S/C8H11BrN2O/c1-6(2)5-12-8-4-10-3-7(9)11-8/h3-4,6H,5H2,1-2H3. The van der Waals surface area contributed by atoms with E-state index in [9.17, 15) is 0 Å². The third kappa shape index (κ3) is 3.17. The number of rotatable bonds is 3. The van der Waals surface area contributed by atoms with E-state index in [1.54, 1.807) is 12.4 Å². The summed E-state index contributed by atoms with van der Waals surface area (Å²) >= 11 is 3.22. The van der Waals surface area contributed by atoms with Gasteiger partial charge in [-0.3, -0.25) is 4.98 Å². The number of halogens is 1. The minimum Gasteiger partial charge on any atom is -0.476 e. The van der Waals surface area contributed by atoms with Crippen LogP contribution in [0.5, 0.6) is 5.88 Å². The molecule has 0 N–H and O–H groups in total. The molecule has 0 atom stereocenters. The van der Waals surface area contributed by atoms with Crippen LogP contribution >= 0.6 is 15.9 Å². The highest BCUT2D eigenvalue weighted by Crippen LogP contribution is 2.10. The summed E-state index contributed by atoms with van der Waals surface area (Å²) in [6.07, 6.45) is 3.23. The molecule has 12 heavy (non-hydrogen) atoms. The molecule has 0 bridgehead atoms. The van der Waals surface area contributed by atoms with Gasteiger partial charge in [0.15, 0.2) is 0 Å². The van der Waals surface area contributed by atoms with Crippen LogP contribution < -0.4 is 4.74 Å². The van der Waals surface area contributed by atoms with E-state index < -0.39 is 0 Å². The van der Waals surface area contributed by atoms with E-state index in [0.29, 0.717) is 23.0 Å². The summed E-state index contributed by atoms with van der Waals surface area (Å²) in [6, 6.07) is 0. The van der Waals surface area contributed by atoms with Crippen molar-refractivity contribution in [1.29, 1.82) is 0 Å². The molecule has 0 radical (unpaired) electrons. The highest BCUT2D eigenvalue weighted by Gasteiger charge is 1.98. The minimum absolute atomic E-state index is 0.505. The van der Waals surface area contributed by atoms with Crippen LogP contribution in [0.2, 0.25) is 0 Å². The molecule has 0 saturated carbocycles. The van der Waals surface area contributed by atoms with Crippen molar-refractivity contribution in [3.8, 4) is 5.88 Å². The second-order valence-corrected chi connectivity index (χ2v) is 3.70. The third-order valence-corrected chi connectivity index (χ3v) is 1.53. The SMILES string of the molecule is CC(C)COc1cncc(Br)n1. The second-order valence-electron chi connectivity index (χ2n) is 2.88. The zero-order valence-corrected chi connectivity index (χ0v) is 8.71. The fraction of sp³-hybridized carbons (Fsp3) is 0.500. The Morgan fingerprint density at radius 3 is 2.83 bits per heavy atom. The summed E-state index contributed by atoms with van der Waals surface area (Å²) in [4.78, 5) is 8.00. The average Bonchev–Trinajstić information content (AvgIpc) is 2.01. The Hall–Kier alpha value is -0.640. The number of hydrogen-bond acceptors (Lipinski definition) is 3. The smallest absolute Gasteiger partial charge is 0.233 e. The normalized spacial score (nSPS) is 10.3. The molecule has 0 unspecified atom stereocenters. The van der Waals surface area contributed by atoms with Gasteiger partial charge in [-0.25, -0.2) is 4.98 Å². The van der Waals surface area contributed by atoms with Gasteiger partial charge in [-0.2, -0.15) is 0 Å². The Balaban J connectivity index is 2.52. The highest BCUT2D eigenvalue weighted by molar-refractivity contribution is 9.10. The van der Waals surface area contributed by atoms with E-state index in [-0.39, 0.29) is 0 Å². The van der Waals surface area contributed by atoms with Gasteiger partial charge in [0.1, 0.15) is 4.60 Å². The molecule has 0 aliphatic heterocycles. The molecule has 0 amide bonds. The van der Waals surface area contributed by atoms with E-state index >= 15 is 0 Å². The van der Waals surface area contributed by atoms with Gasteiger partial charge in [-0.05, 0) is 21.8 Å². The Morgan fingerprint density at radius 1 is 1.50 bits per heavy atom. The summed E-state index contributed by atoms with van der Waals surface area (Å²) in [7, 11) is 0. The van der Waals surface area contributed by atoms with Gasteiger partial charge in [0.2, 0.25) is 5.88 Å². The zero-order chi connectivity index (χ0) is 8.97. The van der Waals surface area contributed by atoms with E-state index in [2.05, 4.69) is 39.7 Å². The van der Waals surface area contributed by atoms with Crippen molar-refractivity contribution in [3.63, 3.8) is 0 Å². The molecule has 1 rings (SSSR count). The third-order valence-electron chi connectivity index (χ3n) is 1.15. The first kappa shape index (κ1) is 9.45. The van der Waals surface area contributed by atoms with Gasteiger partial charge >= 0.3 is 0 Å². The molecule has 0 aliphatic carbocycles. The predicted octanol–water partition coefficient (Wildman–Crippen LogP) is 2.27. The van der Waals surface area contributed by atoms with Crippen molar-refractivity contribution in [3.05, 3.63) is 17.0 Å². The number of hydrogen-bond donors (Lipinski definition) is 0. The lowest BCUT2D eigenvalue weighted by atomic mass is 10.2. The molecular weight excluding hydrogens is 220 g/mol. The second kappa shape index (κ2) is 4.40. The highest BCUT2D eigenvalue weighted by atomic mass is 79.9. The number of ether oxygens (including phenoxy) is 1. The van der Waals surface area contributed by atoms with E-state index in [4.69, 9.17) is 4.74 Å². The Labute approximate surface area is 80.3 Å². The molecule has 0 saturated heterocycles. The largest absolute Gasteiger partial charge is 0.476 e. The Bertz CT molecular complexity index is 253. The van der Waals surface area contributed by atoms with Crippen LogP contribution in [0.3, 0.4) is 0 Å². The fourth-order valence-corrected chi connectivity index (χ4v) is 0.940. The van der Waals surface area contributed by atoms with Crippen molar-refractivity contribution in [2.75, 3.05) is 6.61 Å². The summed E-state index contributed by atoms with van der Waals surface area (Å²) in [5.41, 5.74) is 0. The number of aromatic nitrogens is 2. The quantitative estimate of drug-likeness (QED) is 0.800. The molecule has 0 fully saturated rings. The zero-order valence-electron chi connectivity index (χ0n) is 7.12. The summed E-state index contributed by atoms with van der Waals surface area (Å²) in [6.45, 7) is 4.85. The van der Waals surface area contributed by atoms with Gasteiger partial charge in [-0.15, -0.1) is 0 Å². The van der Waals surface area contributed by atoms with Crippen LogP contribution in [0.25, 0.3) is 0 Å². The number of nitrogens with zero attached hydrogens (tertiary/aromatic N) is 2. The molecular formula is C8H11BrN2O. The molecule has 1 heterocycles. The monoisotopic (exact) mass is 230 g/mol. The maximum absolute atomic E-state index is 5.34. The lowest BCUT2D eigenvalue weighted by Gasteiger charge is -2.06. The maximum atomic E-state index is 5.34. The van der Waals surface area contributed by atoms with Crippen molar-refractivity contribution < 1.29 is 4.74 Å². The van der Waals surface area contributed by atoms with Crippen LogP contribution in [0, 0.1) is 5.92 Å². The summed E-state index contributed by atoms with van der Waals surface area (Å²) in [5, 5.41) is 0. The minimum atomic E-state index is 0.505. The van der Waals surface area contributed by atoms with Gasteiger partial charge in [0.25, 0.3) is 0 Å². The topological polar surface area (TPSA) is 35.0 Å². The average molecular weight is 231 g/mol. The first-order valence-corrected chi connectivity index (χ1v) is 4.58. The summed E-state index contributed by atoms with van der Waals surface area (Å²) < 4.78 is 6.04. The molecule has 3 nitrogen and oxygen atoms in total. The van der Waals surface area contributed by atoms with Gasteiger partial charge in [0.05, 0.1) is 19.0 Å². The van der Waals surface area contributed by atoms with Gasteiger partial charge < -0.3 is 4.74 Å².